The molecule has 0 aromatic heterocycles. The highest BCUT2D eigenvalue weighted by molar-refractivity contribution is 7.89. The van der Waals surface area contributed by atoms with Crippen LogP contribution in [-0.4, -0.2) is 39.5 Å². The fourth-order valence-corrected chi connectivity index (χ4v) is 3.55. The van der Waals surface area contributed by atoms with Crippen LogP contribution in [0.3, 0.4) is 0 Å². The minimum absolute atomic E-state index is 0.249. The van der Waals surface area contributed by atoms with Crippen molar-refractivity contribution in [2.24, 2.45) is 11.7 Å². The predicted octanol–water partition coefficient (Wildman–Crippen LogP) is 1.44. The Kier molecular flexibility index (Phi) is 6.61. The van der Waals surface area contributed by atoms with E-state index < -0.39 is 10.0 Å². The van der Waals surface area contributed by atoms with Gasteiger partial charge >= 0.3 is 0 Å². The van der Waals surface area contributed by atoms with Gasteiger partial charge in [-0.05, 0) is 23.6 Å². The second kappa shape index (κ2) is 7.73. The molecular formula is C14H24N2O3S. The van der Waals surface area contributed by atoms with Crippen molar-refractivity contribution in [2.75, 3.05) is 26.8 Å². The molecule has 1 aromatic carbocycles. The molecule has 0 bridgehead atoms. The Morgan fingerprint density at radius 2 is 2.05 bits per heavy atom. The van der Waals surface area contributed by atoms with Crippen molar-refractivity contribution in [3.63, 3.8) is 0 Å². The molecule has 0 aliphatic rings. The van der Waals surface area contributed by atoms with Gasteiger partial charge in [0, 0.05) is 26.7 Å². The molecular weight excluding hydrogens is 276 g/mol. The summed E-state index contributed by atoms with van der Waals surface area (Å²) in [6, 6.07) is 6.78. The second-order valence-electron chi connectivity index (χ2n) is 5.10. The molecule has 0 atom stereocenters. The summed E-state index contributed by atoms with van der Waals surface area (Å²) in [4.78, 5) is 0.289. The fraction of sp³-hybridized carbons (Fsp3) is 0.571. The van der Waals surface area contributed by atoms with Crippen LogP contribution < -0.4 is 5.73 Å². The van der Waals surface area contributed by atoms with Crippen LogP contribution in [0.4, 0.5) is 0 Å². The van der Waals surface area contributed by atoms with Crippen LogP contribution in [-0.2, 0) is 21.3 Å². The molecule has 0 saturated carbocycles. The molecule has 5 nitrogen and oxygen atoms in total. The SMILES string of the molecule is COCCN(CC(C)C)S(=O)(=O)c1cccc(CN)c1. The summed E-state index contributed by atoms with van der Waals surface area (Å²) in [5, 5.41) is 0. The first kappa shape index (κ1) is 17.1. The van der Waals surface area contributed by atoms with E-state index in [9.17, 15) is 8.42 Å². The number of nitrogens with two attached hydrogens (primary N) is 1. The average molecular weight is 300 g/mol. The minimum atomic E-state index is -3.50. The summed E-state index contributed by atoms with van der Waals surface area (Å²) >= 11 is 0. The Labute approximate surface area is 121 Å². The van der Waals surface area contributed by atoms with Gasteiger partial charge in [-0.2, -0.15) is 4.31 Å². The summed E-state index contributed by atoms with van der Waals surface area (Å²) in [5.41, 5.74) is 6.38. The summed E-state index contributed by atoms with van der Waals surface area (Å²) in [7, 11) is -1.94. The lowest BCUT2D eigenvalue weighted by Crippen LogP contribution is -2.36. The number of nitrogens with zero attached hydrogens (tertiary/aromatic N) is 1. The molecule has 114 valence electrons. The zero-order chi connectivity index (χ0) is 15.2. The molecule has 20 heavy (non-hydrogen) atoms. The molecule has 1 aromatic rings. The maximum Gasteiger partial charge on any atom is 0.243 e. The molecule has 0 aliphatic carbocycles. The van der Waals surface area contributed by atoms with Crippen molar-refractivity contribution in [3.05, 3.63) is 29.8 Å². The quantitative estimate of drug-likeness (QED) is 0.788. The molecule has 0 heterocycles. The first-order valence-corrected chi connectivity index (χ1v) is 8.14. The van der Waals surface area contributed by atoms with Gasteiger partial charge < -0.3 is 10.5 Å². The summed E-state index contributed by atoms with van der Waals surface area (Å²) in [6.45, 7) is 5.51. The number of methoxy groups -OCH3 is 1. The van der Waals surface area contributed by atoms with Crippen molar-refractivity contribution in [3.8, 4) is 0 Å². The molecule has 1 rings (SSSR count). The van der Waals surface area contributed by atoms with Crippen LogP contribution in [0.15, 0.2) is 29.2 Å². The van der Waals surface area contributed by atoms with E-state index >= 15 is 0 Å². The molecule has 0 spiro atoms. The van der Waals surface area contributed by atoms with Gasteiger partial charge in [0.2, 0.25) is 10.0 Å². The van der Waals surface area contributed by atoms with Crippen molar-refractivity contribution < 1.29 is 13.2 Å². The van der Waals surface area contributed by atoms with Crippen molar-refractivity contribution >= 4 is 10.0 Å². The summed E-state index contributed by atoms with van der Waals surface area (Å²) in [6.07, 6.45) is 0. The Hall–Kier alpha value is -0.950. The second-order valence-corrected chi connectivity index (χ2v) is 7.04. The monoisotopic (exact) mass is 300 g/mol. The number of rotatable bonds is 8. The third-order valence-electron chi connectivity index (χ3n) is 2.89. The van der Waals surface area contributed by atoms with E-state index in [2.05, 4.69) is 0 Å². The van der Waals surface area contributed by atoms with Crippen LogP contribution >= 0.6 is 0 Å². The zero-order valence-corrected chi connectivity index (χ0v) is 13.2. The van der Waals surface area contributed by atoms with Crippen LogP contribution in [0.2, 0.25) is 0 Å². The lowest BCUT2D eigenvalue weighted by molar-refractivity contribution is 0.175. The number of ether oxygens (including phenoxy) is 1. The van der Waals surface area contributed by atoms with E-state index in [-0.39, 0.29) is 10.8 Å². The molecule has 0 fully saturated rings. The van der Waals surface area contributed by atoms with Crippen LogP contribution in [0.1, 0.15) is 19.4 Å². The van der Waals surface area contributed by atoms with E-state index in [0.29, 0.717) is 26.2 Å². The van der Waals surface area contributed by atoms with E-state index in [1.54, 1.807) is 25.3 Å². The third kappa shape index (κ3) is 4.56. The smallest absolute Gasteiger partial charge is 0.243 e. The zero-order valence-electron chi connectivity index (χ0n) is 12.4. The molecule has 0 aliphatic heterocycles. The van der Waals surface area contributed by atoms with Crippen molar-refractivity contribution in [2.45, 2.75) is 25.3 Å². The van der Waals surface area contributed by atoms with Crippen molar-refractivity contribution in [1.82, 2.24) is 4.31 Å². The van der Waals surface area contributed by atoms with Gasteiger partial charge in [-0.3, -0.25) is 0 Å². The van der Waals surface area contributed by atoms with Crippen LogP contribution in [0, 0.1) is 5.92 Å². The number of hydrogen-bond acceptors (Lipinski definition) is 4. The van der Waals surface area contributed by atoms with E-state index in [4.69, 9.17) is 10.5 Å². The molecule has 0 amide bonds. The maximum atomic E-state index is 12.7. The molecule has 0 unspecified atom stereocenters. The maximum absolute atomic E-state index is 12.7. The highest BCUT2D eigenvalue weighted by Crippen LogP contribution is 2.18. The van der Waals surface area contributed by atoms with E-state index in [1.807, 2.05) is 19.9 Å². The predicted molar refractivity (Wildman–Crippen MR) is 79.8 cm³/mol. The standard InChI is InChI=1S/C14H24N2O3S/c1-12(2)11-16(7-8-19-3)20(17,18)14-6-4-5-13(9-14)10-15/h4-6,9,12H,7-8,10-11,15H2,1-3H3. The highest BCUT2D eigenvalue weighted by atomic mass is 32.2. The number of sulfonamides is 1. The summed E-state index contributed by atoms with van der Waals surface area (Å²) in [5.74, 6) is 0.249. The van der Waals surface area contributed by atoms with Crippen molar-refractivity contribution in [1.29, 1.82) is 0 Å². The normalized spacial score (nSPS) is 12.3. The van der Waals surface area contributed by atoms with Crippen LogP contribution in [0.25, 0.3) is 0 Å². The van der Waals surface area contributed by atoms with E-state index in [1.165, 1.54) is 4.31 Å². The molecule has 2 N–H and O–H groups in total. The highest BCUT2D eigenvalue weighted by Gasteiger charge is 2.24. The molecule has 0 saturated heterocycles. The topological polar surface area (TPSA) is 72.6 Å². The van der Waals surface area contributed by atoms with E-state index in [0.717, 1.165) is 5.56 Å². The fourth-order valence-electron chi connectivity index (χ4n) is 1.89. The van der Waals surface area contributed by atoms with Gasteiger partial charge in [-0.25, -0.2) is 8.42 Å². The number of benzene rings is 1. The number of hydrogen-bond donors (Lipinski definition) is 1. The van der Waals surface area contributed by atoms with Gasteiger partial charge in [0.25, 0.3) is 0 Å². The minimum Gasteiger partial charge on any atom is -0.383 e. The first-order valence-electron chi connectivity index (χ1n) is 6.70. The Morgan fingerprint density at radius 3 is 2.60 bits per heavy atom. The molecule has 0 radical (unpaired) electrons. The van der Waals surface area contributed by atoms with Gasteiger partial charge in [-0.1, -0.05) is 26.0 Å². The van der Waals surface area contributed by atoms with Gasteiger partial charge in [0.05, 0.1) is 11.5 Å². The van der Waals surface area contributed by atoms with Gasteiger partial charge in [-0.15, -0.1) is 0 Å². The lowest BCUT2D eigenvalue weighted by Gasteiger charge is -2.23. The Balaban J connectivity index is 3.07. The van der Waals surface area contributed by atoms with Gasteiger partial charge in [0.1, 0.15) is 0 Å². The average Bonchev–Trinajstić information content (AvgIpc) is 2.43. The Morgan fingerprint density at radius 1 is 1.35 bits per heavy atom. The van der Waals surface area contributed by atoms with Gasteiger partial charge in [0.15, 0.2) is 0 Å². The summed E-state index contributed by atoms with van der Waals surface area (Å²) < 4.78 is 31.8. The molecule has 6 heteroatoms. The third-order valence-corrected chi connectivity index (χ3v) is 4.75. The largest absolute Gasteiger partial charge is 0.383 e. The lowest BCUT2D eigenvalue weighted by atomic mass is 10.2. The van der Waals surface area contributed by atoms with Crippen LogP contribution in [0.5, 0.6) is 0 Å². The first-order chi connectivity index (χ1) is 9.41. The Bertz CT molecular complexity index is 515.